The van der Waals surface area contributed by atoms with E-state index >= 15 is 0 Å². The van der Waals surface area contributed by atoms with Gasteiger partial charge in [0.25, 0.3) is 5.91 Å². The minimum Gasteiger partial charge on any atom is -0.490 e. The van der Waals surface area contributed by atoms with E-state index in [0.29, 0.717) is 43.2 Å². The fourth-order valence-corrected chi connectivity index (χ4v) is 1.88. The van der Waals surface area contributed by atoms with E-state index in [1.54, 1.807) is 18.2 Å². The third-order valence-corrected chi connectivity index (χ3v) is 3.04. The Kier molecular flexibility index (Phi) is 7.61. The predicted molar refractivity (Wildman–Crippen MR) is 82.0 cm³/mol. The second-order valence-electron chi connectivity index (χ2n) is 4.86. The van der Waals surface area contributed by atoms with Crippen LogP contribution in [0.1, 0.15) is 37.6 Å². The highest BCUT2D eigenvalue weighted by atomic mass is 16.5. The van der Waals surface area contributed by atoms with Crippen molar-refractivity contribution >= 4 is 5.91 Å². The van der Waals surface area contributed by atoms with Crippen LogP contribution in [0.25, 0.3) is 0 Å². The van der Waals surface area contributed by atoms with Crippen molar-refractivity contribution in [1.29, 1.82) is 0 Å². The van der Waals surface area contributed by atoms with Gasteiger partial charge in [0.2, 0.25) is 0 Å². The molecule has 1 aromatic rings. The number of carbonyl (C=O) groups is 1. The zero-order chi connectivity index (χ0) is 15.7. The summed E-state index contributed by atoms with van der Waals surface area (Å²) in [5.41, 5.74) is 0.540. The van der Waals surface area contributed by atoms with E-state index in [4.69, 9.17) is 14.6 Å². The molecule has 5 nitrogen and oxygen atoms in total. The molecule has 0 radical (unpaired) electrons. The summed E-state index contributed by atoms with van der Waals surface area (Å²) in [7, 11) is 0. The molecule has 0 saturated carbocycles. The number of hydrogen-bond acceptors (Lipinski definition) is 4. The van der Waals surface area contributed by atoms with Crippen LogP contribution in [0, 0.1) is 5.92 Å². The third-order valence-electron chi connectivity index (χ3n) is 3.04. The van der Waals surface area contributed by atoms with Gasteiger partial charge in [-0.1, -0.05) is 6.92 Å². The maximum absolute atomic E-state index is 12.1. The van der Waals surface area contributed by atoms with Crippen LogP contribution in [0.5, 0.6) is 11.5 Å². The molecule has 0 aliphatic rings. The summed E-state index contributed by atoms with van der Waals surface area (Å²) < 4.78 is 11.0. The summed E-state index contributed by atoms with van der Waals surface area (Å²) in [5.74, 6) is 1.32. The highest BCUT2D eigenvalue weighted by Gasteiger charge is 2.12. The minimum absolute atomic E-state index is 0.134. The van der Waals surface area contributed by atoms with E-state index in [0.717, 1.165) is 0 Å². The fraction of sp³-hybridized carbons (Fsp3) is 0.562. The standard InChI is InChI=1S/C16H25NO4/c1-4-20-14-7-6-13(10-15(14)21-5-2)16(19)17-11-12(3)8-9-18/h6-7,10,12,18H,4-5,8-9,11H2,1-3H3,(H,17,19). The lowest BCUT2D eigenvalue weighted by Gasteiger charge is -2.14. The smallest absolute Gasteiger partial charge is 0.251 e. The molecule has 0 spiro atoms. The Morgan fingerprint density at radius 3 is 2.52 bits per heavy atom. The van der Waals surface area contributed by atoms with Crippen LogP contribution in [0.4, 0.5) is 0 Å². The van der Waals surface area contributed by atoms with Gasteiger partial charge in [0.15, 0.2) is 11.5 Å². The Labute approximate surface area is 126 Å². The number of rotatable bonds is 9. The minimum atomic E-state index is -0.149. The van der Waals surface area contributed by atoms with E-state index in [2.05, 4.69) is 5.32 Å². The highest BCUT2D eigenvalue weighted by Crippen LogP contribution is 2.28. The lowest BCUT2D eigenvalue weighted by atomic mass is 10.1. The van der Waals surface area contributed by atoms with Crippen molar-refractivity contribution in [2.24, 2.45) is 5.92 Å². The first-order valence-electron chi connectivity index (χ1n) is 7.41. The van der Waals surface area contributed by atoms with Gasteiger partial charge in [0, 0.05) is 18.7 Å². The van der Waals surface area contributed by atoms with Gasteiger partial charge in [-0.2, -0.15) is 0 Å². The molecule has 0 aromatic heterocycles. The molecule has 2 N–H and O–H groups in total. The maximum atomic E-state index is 12.1. The summed E-state index contributed by atoms with van der Waals surface area (Å²) in [5, 5.41) is 11.7. The predicted octanol–water partition coefficient (Wildman–Crippen LogP) is 2.23. The van der Waals surface area contributed by atoms with Crippen molar-refractivity contribution in [3.05, 3.63) is 23.8 Å². The molecular weight excluding hydrogens is 270 g/mol. The van der Waals surface area contributed by atoms with Gasteiger partial charge < -0.3 is 19.9 Å². The van der Waals surface area contributed by atoms with Crippen molar-refractivity contribution in [1.82, 2.24) is 5.32 Å². The number of amides is 1. The molecule has 0 aliphatic heterocycles. The maximum Gasteiger partial charge on any atom is 0.251 e. The Morgan fingerprint density at radius 2 is 1.90 bits per heavy atom. The summed E-state index contributed by atoms with van der Waals surface area (Å²) in [6.07, 6.45) is 0.674. The fourth-order valence-electron chi connectivity index (χ4n) is 1.88. The van der Waals surface area contributed by atoms with Crippen LogP contribution in [-0.2, 0) is 0 Å². The van der Waals surface area contributed by atoms with Gasteiger partial charge in [-0.15, -0.1) is 0 Å². The van der Waals surface area contributed by atoms with E-state index in [9.17, 15) is 4.79 Å². The van der Waals surface area contributed by atoms with Crippen LogP contribution < -0.4 is 14.8 Å². The first-order valence-corrected chi connectivity index (χ1v) is 7.41. The molecule has 0 aliphatic carbocycles. The summed E-state index contributed by atoms with van der Waals surface area (Å²) in [4.78, 5) is 12.1. The van der Waals surface area contributed by atoms with Gasteiger partial charge >= 0.3 is 0 Å². The molecule has 0 fully saturated rings. The van der Waals surface area contributed by atoms with Crippen molar-refractivity contribution in [3.63, 3.8) is 0 Å². The summed E-state index contributed by atoms with van der Waals surface area (Å²) in [6.45, 7) is 7.51. The average Bonchev–Trinajstić information content (AvgIpc) is 2.47. The van der Waals surface area contributed by atoms with Crippen LogP contribution in [-0.4, -0.2) is 37.4 Å². The molecule has 1 unspecified atom stereocenters. The molecule has 118 valence electrons. The Balaban J connectivity index is 2.73. The number of ether oxygens (including phenoxy) is 2. The normalized spacial score (nSPS) is 11.8. The molecule has 1 rings (SSSR count). The lowest BCUT2D eigenvalue weighted by Crippen LogP contribution is -2.28. The number of nitrogens with one attached hydrogen (secondary N) is 1. The van der Waals surface area contributed by atoms with Crippen LogP contribution >= 0.6 is 0 Å². The molecule has 1 amide bonds. The SMILES string of the molecule is CCOc1ccc(C(=O)NCC(C)CCO)cc1OCC. The first kappa shape index (κ1) is 17.3. The lowest BCUT2D eigenvalue weighted by molar-refractivity contribution is 0.0945. The molecule has 1 aromatic carbocycles. The van der Waals surface area contributed by atoms with Crippen molar-refractivity contribution in [2.75, 3.05) is 26.4 Å². The zero-order valence-corrected chi connectivity index (χ0v) is 13.0. The Hall–Kier alpha value is -1.75. The molecule has 1 atom stereocenters. The molecule has 5 heteroatoms. The number of hydrogen-bond donors (Lipinski definition) is 2. The third kappa shape index (κ3) is 5.63. The quantitative estimate of drug-likeness (QED) is 0.733. The molecule has 0 heterocycles. The van der Waals surface area contributed by atoms with E-state index in [1.165, 1.54) is 0 Å². The highest BCUT2D eigenvalue weighted by molar-refractivity contribution is 5.94. The van der Waals surface area contributed by atoms with Gasteiger partial charge in [0.05, 0.1) is 13.2 Å². The number of aliphatic hydroxyl groups is 1. The Morgan fingerprint density at radius 1 is 1.24 bits per heavy atom. The number of aliphatic hydroxyl groups excluding tert-OH is 1. The largest absolute Gasteiger partial charge is 0.490 e. The first-order chi connectivity index (χ1) is 10.1. The van der Waals surface area contributed by atoms with Gasteiger partial charge in [-0.3, -0.25) is 4.79 Å². The monoisotopic (exact) mass is 295 g/mol. The van der Waals surface area contributed by atoms with Gasteiger partial charge in [-0.05, 0) is 44.4 Å². The van der Waals surface area contributed by atoms with E-state index in [-0.39, 0.29) is 18.4 Å². The van der Waals surface area contributed by atoms with Crippen molar-refractivity contribution in [2.45, 2.75) is 27.2 Å². The van der Waals surface area contributed by atoms with Crippen molar-refractivity contribution in [3.8, 4) is 11.5 Å². The topological polar surface area (TPSA) is 67.8 Å². The van der Waals surface area contributed by atoms with Crippen LogP contribution in [0.15, 0.2) is 18.2 Å². The summed E-state index contributed by atoms with van der Waals surface area (Å²) in [6, 6.07) is 5.17. The van der Waals surface area contributed by atoms with Gasteiger partial charge in [-0.25, -0.2) is 0 Å². The molecular formula is C16H25NO4. The average molecular weight is 295 g/mol. The molecule has 0 bridgehead atoms. The Bertz CT molecular complexity index is 448. The second-order valence-corrected chi connectivity index (χ2v) is 4.86. The van der Waals surface area contributed by atoms with E-state index < -0.39 is 0 Å². The van der Waals surface area contributed by atoms with Crippen LogP contribution in [0.3, 0.4) is 0 Å². The number of carbonyl (C=O) groups excluding carboxylic acids is 1. The number of benzene rings is 1. The molecule has 21 heavy (non-hydrogen) atoms. The summed E-state index contributed by atoms with van der Waals surface area (Å²) >= 11 is 0. The van der Waals surface area contributed by atoms with Crippen LogP contribution in [0.2, 0.25) is 0 Å². The van der Waals surface area contributed by atoms with Crippen molar-refractivity contribution < 1.29 is 19.4 Å². The zero-order valence-electron chi connectivity index (χ0n) is 13.0. The van der Waals surface area contributed by atoms with Gasteiger partial charge in [0.1, 0.15) is 0 Å². The molecule has 0 saturated heterocycles. The van der Waals surface area contributed by atoms with E-state index in [1.807, 2.05) is 20.8 Å². The second kappa shape index (κ2) is 9.23.